The summed E-state index contributed by atoms with van der Waals surface area (Å²) < 4.78 is 32.5. The Morgan fingerprint density at radius 1 is 1.41 bits per heavy atom. The molecule has 0 aliphatic carbocycles. The molecule has 94 valence electrons. The lowest BCUT2D eigenvalue weighted by Gasteiger charge is -2.16. The van der Waals surface area contributed by atoms with E-state index < -0.39 is 10.1 Å². The van der Waals surface area contributed by atoms with E-state index in [1.165, 1.54) is 0 Å². The molecule has 0 radical (unpaired) electrons. The summed E-state index contributed by atoms with van der Waals surface area (Å²) in [5.41, 5.74) is 1.68. The molecule has 0 bridgehead atoms. The molecule has 0 amide bonds. The SMILES string of the molecule is CC1(C)Cc2c(COS(C)(=O)=O)cccc2O1. The first-order valence-electron chi connectivity index (χ1n) is 5.41. The van der Waals surface area contributed by atoms with Crippen molar-refractivity contribution in [3.8, 4) is 5.75 Å². The van der Waals surface area contributed by atoms with Gasteiger partial charge in [-0.15, -0.1) is 0 Å². The molecule has 1 heterocycles. The third kappa shape index (κ3) is 2.98. The van der Waals surface area contributed by atoms with E-state index in [0.717, 1.165) is 29.6 Å². The predicted molar refractivity (Wildman–Crippen MR) is 64.5 cm³/mol. The number of hydrogen-bond acceptors (Lipinski definition) is 4. The number of hydrogen-bond donors (Lipinski definition) is 0. The largest absolute Gasteiger partial charge is 0.487 e. The summed E-state index contributed by atoms with van der Waals surface area (Å²) in [7, 11) is -3.41. The second kappa shape index (κ2) is 3.99. The zero-order valence-corrected chi connectivity index (χ0v) is 11.0. The van der Waals surface area contributed by atoms with Crippen molar-refractivity contribution < 1.29 is 17.3 Å². The van der Waals surface area contributed by atoms with Gasteiger partial charge in [-0.1, -0.05) is 12.1 Å². The van der Waals surface area contributed by atoms with Gasteiger partial charge in [0.15, 0.2) is 0 Å². The second-order valence-corrected chi connectivity index (χ2v) is 6.54. The molecule has 0 atom stereocenters. The lowest BCUT2D eigenvalue weighted by molar-refractivity contribution is 0.138. The molecule has 0 aromatic heterocycles. The van der Waals surface area contributed by atoms with Crippen LogP contribution in [-0.2, 0) is 27.3 Å². The first-order valence-corrected chi connectivity index (χ1v) is 7.23. The minimum absolute atomic E-state index is 0.0709. The van der Waals surface area contributed by atoms with E-state index in [9.17, 15) is 8.42 Å². The maximum atomic E-state index is 11.0. The number of ether oxygens (including phenoxy) is 1. The highest BCUT2D eigenvalue weighted by molar-refractivity contribution is 7.85. The molecule has 0 N–H and O–H groups in total. The van der Waals surface area contributed by atoms with Gasteiger partial charge in [0, 0.05) is 12.0 Å². The van der Waals surface area contributed by atoms with Gasteiger partial charge in [0.05, 0.1) is 12.9 Å². The quantitative estimate of drug-likeness (QED) is 0.775. The van der Waals surface area contributed by atoms with E-state index in [-0.39, 0.29) is 12.2 Å². The zero-order valence-electron chi connectivity index (χ0n) is 10.2. The smallest absolute Gasteiger partial charge is 0.264 e. The standard InChI is InChI=1S/C12H16O4S/c1-12(2)7-10-9(8-15-17(3,13)14)5-4-6-11(10)16-12/h4-6H,7-8H2,1-3H3. The summed E-state index contributed by atoms with van der Waals surface area (Å²) in [6, 6.07) is 5.62. The molecule has 1 aromatic carbocycles. The summed E-state index contributed by atoms with van der Waals surface area (Å²) >= 11 is 0. The molecule has 1 aliphatic heterocycles. The highest BCUT2D eigenvalue weighted by atomic mass is 32.2. The molecule has 1 aliphatic rings. The zero-order chi connectivity index (χ0) is 12.7. The van der Waals surface area contributed by atoms with E-state index in [4.69, 9.17) is 8.92 Å². The number of benzene rings is 1. The molecule has 5 heteroatoms. The number of rotatable bonds is 3. The normalized spacial score (nSPS) is 17.6. The maximum Gasteiger partial charge on any atom is 0.264 e. The third-order valence-electron chi connectivity index (χ3n) is 2.65. The van der Waals surface area contributed by atoms with E-state index in [0.29, 0.717) is 0 Å². The molecule has 1 aromatic rings. The van der Waals surface area contributed by atoms with Gasteiger partial charge in [-0.25, -0.2) is 0 Å². The summed E-state index contributed by atoms with van der Waals surface area (Å²) in [6.07, 6.45) is 1.82. The molecule has 0 spiro atoms. The molecule has 4 nitrogen and oxygen atoms in total. The van der Waals surface area contributed by atoms with Crippen LogP contribution in [0.1, 0.15) is 25.0 Å². The van der Waals surface area contributed by atoms with Gasteiger partial charge in [-0.05, 0) is 25.5 Å². The van der Waals surface area contributed by atoms with Crippen LogP contribution in [0.5, 0.6) is 5.75 Å². The van der Waals surface area contributed by atoms with Gasteiger partial charge < -0.3 is 4.74 Å². The minimum atomic E-state index is -3.41. The summed E-state index contributed by atoms with van der Waals surface area (Å²) in [5, 5.41) is 0. The van der Waals surface area contributed by atoms with Gasteiger partial charge in [-0.3, -0.25) is 4.18 Å². The molecule has 0 saturated heterocycles. The van der Waals surface area contributed by atoms with Crippen LogP contribution < -0.4 is 4.74 Å². The molecular weight excluding hydrogens is 240 g/mol. The number of fused-ring (bicyclic) bond motifs is 1. The van der Waals surface area contributed by atoms with Gasteiger partial charge in [0.25, 0.3) is 10.1 Å². The molecule has 0 unspecified atom stereocenters. The Morgan fingerprint density at radius 2 is 2.12 bits per heavy atom. The van der Waals surface area contributed by atoms with E-state index in [1.54, 1.807) is 0 Å². The van der Waals surface area contributed by atoms with Crippen LogP contribution in [0.15, 0.2) is 18.2 Å². The average Bonchev–Trinajstić information content (AvgIpc) is 2.47. The predicted octanol–water partition coefficient (Wildman–Crippen LogP) is 1.88. The van der Waals surface area contributed by atoms with Crippen molar-refractivity contribution in [3.05, 3.63) is 29.3 Å². The lowest BCUT2D eigenvalue weighted by Crippen LogP contribution is -2.24. The summed E-state index contributed by atoms with van der Waals surface area (Å²) in [4.78, 5) is 0. The molecule has 17 heavy (non-hydrogen) atoms. The highest BCUT2D eigenvalue weighted by Crippen LogP contribution is 2.37. The van der Waals surface area contributed by atoms with Crippen LogP contribution in [0, 0.1) is 0 Å². The van der Waals surface area contributed by atoms with Gasteiger partial charge in [0.1, 0.15) is 11.4 Å². The molecule has 2 rings (SSSR count). The fourth-order valence-corrected chi connectivity index (χ4v) is 2.31. The molecule has 0 fully saturated rings. The lowest BCUT2D eigenvalue weighted by atomic mass is 9.98. The fourth-order valence-electron chi connectivity index (χ4n) is 1.97. The molecule has 0 saturated carbocycles. The third-order valence-corrected chi connectivity index (χ3v) is 3.19. The van der Waals surface area contributed by atoms with Crippen molar-refractivity contribution >= 4 is 10.1 Å². The Hall–Kier alpha value is -1.07. The van der Waals surface area contributed by atoms with E-state index in [2.05, 4.69) is 0 Å². The fraction of sp³-hybridized carbons (Fsp3) is 0.500. The topological polar surface area (TPSA) is 52.6 Å². The monoisotopic (exact) mass is 256 g/mol. The van der Waals surface area contributed by atoms with Gasteiger partial charge in [0.2, 0.25) is 0 Å². The molecular formula is C12H16O4S. The van der Waals surface area contributed by atoms with Crippen molar-refractivity contribution in [2.24, 2.45) is 0 Å². The highest BCUT2D eigenvalue weighted by Gasteiger charge is 2.31. The summed E-state index contributed by atoms with van der Waals surface area (Å²) in [5.74, 6) is 0.824. The Labute approximate surface area is 102 Å². The summed E-state index contributed by atoms with van der Waals surface area (Å²) in [6.45, 7) is 4.09. The second-order valence-electron chi connectivity index (χ2n) is 4.90. The van der Waals surface area contributed by atoms with Crippen molar-refractivity contribution in [2.75, 3.05) is 6.26 Å². The maximum absolute atomic E-state index is 11.0. The van der Waals surface area contributed by atoms with Crippen molar-refractivity contribution in [2.45, 2.75) is 32.5 Å². The van der Waals surface area contributed by atoms with Crippen molar-refractivity contribution in [1.82, 2.24) is 0 Å². The minimum Gasteiger partial charge on any atom is -0.487 e. The van der Waals surface area contributed by atoms with Crippen LogP contribution in [0.25, 0.3) is 0 Å². The average molecular weight is 256 g/mol. The Bertz CT molecular complexity index is 531. The van der Waals surface area contributed by atoms with Crippen LogP contribution in [0.2, 0.25) is 0 Å². The van der Waals surface area contributed by atoms with Crippen LogP contribution in [0.3, 0.4) is 0 Å². The van der Waals surface area contributed by atoms with E-state index >= 15 is 0 Å². The van der Waals surface area contributed by atoms with Crippen LogP contribution >= 0.6 is 0 Å². The Kier molecular flexibility index (Phi) is 2.91. The Morgan fingerprint density at radius 3 is 2.76 bits per heavy atom. The van der Waals surface area contributed by atoms with Gasteiger partial charge >= 0.3 is 0 Å². The van der Waals surface area contributed by atoms with E-state index in [1.807, 2.05) is 32.0 Å². The van der Waals surface area contributed by atoms with Crippen LogP contribution in [-0.4, -0.2) is 20.3 Å². The first kappa shape index (κ1) is 12.4. The van der Waals surface area contributed by atoms with Crippen molar-refractivity contribution in [1.29, 1.82) is 0 Å². The Balaban J connectivity index is 2.24. The first-order chi connectivity index (χ1) is 7.77. The van der Waals surface area contributed by atoms with Crippen LogP contribution in [0.4, 0.5) is 0 Å². The van der Waals surface area contributed by atoms with Crippen molar-refractivity contribution in [3.63, 3.8) is 0 Å². The van der Waals surface area contributed by atoms with Gasteiger partial charge in [-0.2, -0.15) is 8.42 Å².